The van der Waals surface area contributed by atoms with Crippen LogP contribution in [0, 0.1) is 11.8 Å². The molecule has 1 unspecified atom stereocenters. The van der Waals surface area contributed by atoms with Crippen molar-refractivity contribution in [3.8, 4) is 0 Å². The van der Waals surface area contributed by atoms with Gasteiger partial charge in [-0.3, -0.25) is 4.79 Å². The fourth-order valence-electron chi connectivity index (χ4n) is 0.955. The van der Waals surface area contributed by atoms with Crippen LogP contribution < -0.4 is 0 Å². The first-order chi connectivity index (χ1) is 6.80. The molecule has 0 saturated heterocycles. The summed E-state index contributed by atoms with van der Waals surface area (Å²) < 4.78 is 6.14. The summed E-state index contributed by atoms with van der Waals surface area (Å²) in [6, 6.07) is 0. The molecule has 0 rings (SSSR count). The number of hydrogen-bond donors (Lipinski definition) is 0. The van der Waals surface area contributed by atoms with Crippen molar-refractivity contribution in [3.63, 3.8) is 0 Å². The number of rotatable bonds is 6. The Morgan fingerprint density at radius 3 is 2.20 bits per heavy atom. The monoisotopic (exact) mass is 216 g/mol. The molecule has 0 aliphatic rings. The lowest BCUT2D eigenvalue weighted by Gasteiger charge is -2.28. The molecule has 0 aromatic carbocycles. The molecule has 0 fully saturated rings. The third-order valence-corrected chi connectivity index (χ3v) is 3.17. The highest BCUT2D eigenvalue weighted by atomic mass is 16.5. The average molecular weight is 216 g/mol. The summed E-state index contributed by atoms with van der Waals surface area (Å²) in [4.78, 5) is 11.5. The van der Waals surface area contributed by atoms with E-state index in [1.807, 2.05) is 20.8 Å². The van der Waals surface area contributed by atoms with Crippen LogP contribution >= 0.6 is 0 Å². The van der Waals surface area contributed by atoms with Gasteiger partial charge in [0.2, 0.25) is 0 Å². The number of likely N-dealkylation sites (N-methyl/N-ethyl adjacent to an activating group) is 1. The summed E-state index contributed by atoms with van der Waals surface area (Å²) in [6.45, 7) is 10.6. The first-order valence-electron chi connectivity index (χ1n) is 5.78. The predicted octanol–water partition coefficient (Wildman–Crippen LogP) is 1.92. The second-order valence-corrected chi connectivity index (χ2v) is 5.18. The van der Waals surface area contributed by atoms with E-state index in [0.717, 1.165) is 17.6 Å². The molecule has 0 bridgehead atoms. The third kappa shape index (κ3) is 5.78. The Balaban J connectivity index is 3.83. The first-order valence-corrected chi connectivity index (χ1v) is 5.78. The maximum absolute atomic E-state index is 11.5. The van der Waals surface area contributed by atoms with Crippen molar-refractivity contribution in [2.24, 2.45) is 11.8 Å². The topological polar surface area (TPSA) is 26.3 Å². The fraction of sp³-hybridized carbons (Fsp3) is 0.917. The smallest absolute Gasteiger partial charge is 0.309 e. The van der Waals surface area contributed by atoms with Crippen molar-refractivity contribution in [3.05, 3.63) is 0 Å². The molecule has 0 amide bonds. The Kier molecular flexibility index (Phi) is 5.88. The Morgan fingerprint density at radius 1 is 1.27 bits per heavy atom. The van der Waals surface area contributed by atoms with E-state index in [4.69, 9.17) is 4.74 Å². The van der Waals surface area contributed by atoms with Crippen LogP contribution in [-0.4, -0.2) is 44.2 Å². The van der Waals surface area contributed by atoms with E-state index >= 15 is 0 Å². The average Bonchev–Trinajstić information content (AvgIpc) is 2.16. The highest BCUT2D eigenvalue weighted by Crippen LogP contribution is 2.11. The Labute approximate surface area is 94.0 Å². The van der Waals surface area contributed by atoms with Gasteiger partial charge >= 0.3 is 5.97 Å². The molecular formula is C12H26NO2+. The van der Waals surface area contributed by atoms with Gasteiger partial charge in [0.25, 0.3) is 0 Å². The number of esters is 1. The zero-order valence-electron chi connectivity index (χ0n) is 11.0. The molecule has 0 aromatic rings. The Bertz CT molecular complexity index is 200. The Hall–Kier alpha value is -0.570. The maximum Gasteiger partial charge on any atom is 0.309 e. The van der Waals surface area contributed by atoms with Gasteiger partial charge in [-0.2, -0.15) is 0 Å². The van der Waals surface area contributed by atoms with E-state index in [1.165, 1.54) is 0 Å². The lowest BCUT2D eigenvalue weighted by Crippen LogP contribution is -2.42. The molecule has 90 valence electrons. The number of carbonyl (C=O) groups excluding carboxylic acids is 1. The van der Waals surface area contributed by atoms with Gasteiger partial charge in [-0.1, -0.05) is 20.8 Å². The van der Waals surface area contributed by atoms with Crippen LogP contribution in [0.4, 0.5) is 0 Å². The lowest BCUT2D eigenvalue weighted by molar-refractivity contribution is -0.888. The first kappa shape index (κ1) is 14.4. The van der Waals surface area contributed by atoms with Crippen molar-refractivity contribution in [2.75, 3.05) is 33.8 Å². The minimum Gasteiger partial charge on any atom is -0.459 e. The van der Waals surface area contributed by atoms with Gasteiger partial charge in [0.15, 0.2) is 0 Å². The third-order valence-electron chi connectivity index (χ3n) is 3.17. The molecule has 1 atom stereocenters. The highest BCUT2D eigenvalue weighted by Gasteiger charge is 2.19. The zero-order chi connectivity index (χ0) is 12.1. The summed E-state index contributed by atoms with van der Waals surface area (Å²) in [6.07, 6.45) is 0. The highest BCUT2D eigenvalue weighted by molar-refractivity contribution is 5.72. The van der Waals surface area contributed by atoms with Crippen LogP contribution in [0.5, 0.6) is 0 Å². The largest absolute Gasteiger partial charge is 0.459 e. The second kappa shape index (κ2) is 6.11. The molecule has 0 heterocycles. The molecule has 3 nitrogen and oxygen atoms in total. The minimum absolute atomic E-state index is 0.00207. The number of quaternary nitrogens is 1. The molecule has 0 N–H and O–H groups in total. The number of carbonyl (C=O) groups is 1. The van der Waals surface area contributed by atoms with E-state index < -0.39 is 0 Å². The summed E-state index contributed by atoms with van der Waals surface area (Å²) >= 11 is 0. The SMILES string of the molecule is CC[N+](C)(C)CCOC(=O)C(C)C(C)C. The van der Waals surface area contributed by atoms with E-state index in [0.29, 0.717) is 12.5 Å². The number of nitrogens with zero attached hydrogens (tertiary/aromatic N) is 1. The van der Waals surface area contributed by atoms with Crippen LogP contribution in [0.25, 0.3) is 0 Å². The van der Waals surface area contributed by atoms with Gasteiger partial charge < -0.3 is 9.22 Å². The molecule has 3 heteroatoms. The molecule has 0 aliphatic heterocycles. The van der Waals surface area contributed by atoms with E-state index in [-0.39, 0.29) is 11.9 Å². The van der Waals surface area contributed by atoms with Crippen LogP contribution in [0.1, 0.15) is 27.7 Å². The van der Waals surface area contributed by atoms with Crippen molar-refractivity contribution < 1.29 is 14.0 Å². The van der Waals surface area contributed by atoms with E-state index in [1.54, 1.807) is 0 Å². The molecule has 0 aliphatic carbocycles. The molecular weight excluding hydrogens is 190 g/mol. The van der Waals surface area contributed by atoms with Gasteiger partial charge in [-0.15, -0.1) is 0 Å². The van der Waals surface area contributed by atoms with Crippen molar-refractivity contribution in [1.82, 2.24) is 0 Å². The maximum atomic E-state index is 11.5. The van der Waals surface area contributed by atoms with Gasteiger partial charge in [0.05, 0.1) is 26.6 Å². The summed E-state index contributed by atoms with van der Waals surface area (Å²) in [5.74, 6) is 0.287. The molecule has 0 spiro atoms. The molecule has 0 radical (unpaired) electrons. The standard InChI is InChI=1S/C12H26NO2/c1-7-13(5,6)8-9-15-12(14)11(4)10(2)3/h10-11H,7-9H2,1-6H3/q+1. The second-order valence-electron chi connectivity index (χ2n) is 5.18. The molecule has 0 aromatic heterocycles. The summed E-state index contributed by atoms with van der Waals surface area (Å²) in [5, 5.41) is 0. The minimum atomic E-state index is -0.0684. The van der Waals surface area contributed by atoms with E-state index in [2.05, 4.69) is 21.0 Å². The van der Waals surface area contributed by atoms with Gasteiger partial charge in [0.1, 0.15) is 13.2 Å². The molecule has 0 saturated carbocycles. The predicted molar refractivity (Wildman–Crippen MR) is 62.5 cm³/mol. The summed E-state index contributed by atoms with van der Waals surface area (Å²) in [5.41, 5.74) is 0. The van der Waals surface area contributed by atoms with Crippen LogP contribution in [0.2, 0.25) is 0 Å². The van der Waals surface area contributed by atoms with Gasteiger partial charge in [-0.05, 0) is 12.8 Å². The van der Waals surface area contributed by atoms with Crippen molar-refractivity contribution in [2.45, 2.75) is 27.7 Å². The van der Waals surface area contributed by atoms with Crippen LogP contribution in [-0.2, 0) is 9.53 Å². The van der Waals surface area contributed by atoms with Crippen LogP contribution in [0.15, 0.2) is 0 Å². The summed E-state index contributed by atoms with van der Waals surface area (Å²) in [7, 11) is 4.28. The van der Waals surface area contributed by atoms with Crippen molar-refractivity contribution in [1.29, 1.82) is 0 Å². The quantitative estimate of drug-likeness (QED) is 0.501. The lowest BCUT2D eigenvalue weighted by atomic mass is 9.99. The normalized spacial score (nSPS) is 14.1. The zero-order valence-corrected chi connectivity index (χ0v) is 11.0. The fourth-order valence-corrected chi connectivity index (χ4v) is 0.955. The van der Waals surface area contributed by atoms with E-state index in [9.17, 15) is 4.79 Å². The van der Waals surface area contributed by atoms with Gasteiger partial charge in [0, 0.05) is 0 Å². The number of ether oxygens (including phenoxy) is 1. The van der Waals surface area contributed by atoms with Crippen LogP contribution in [0.3, 0.4) is 0 Å². The molecule has 15 heavy (non-hydrogen) atoms. The number of hydrogen-bond acceptors (Lipinski definition) is 2. The Morgan fingerprint density at radius 2 is 1.80 bits per heavy atom. The van der Waals surface area contributed by atoms with Crippen molar-refractivity contribution >= 4 is 5.97 Å². The van der Waals surface area contributed by atoms with Gasteiger partial charge in [-0.25, -0.2) is 0 Å².